The fourth-order valence-electron chi connectivity index (χ4n) is 1.79. The highest BCUT2D eigenvalue weighted by Crippen LogP contribution is 2.26. The molecule has 0 fully saturated rings. The number of ether oxygens (including phenoxy) is 1. The van der Waals surface area contributed by atoms with E-state index >= 15 is 0 Å². The van der Waals surface area contributed by atoms with Gasteiger partial charge in [-0.1, -0.05) is 0 Å². The van der Waals surface area contributed by atoms with E-state index in [1.165, 1.54) is 0 Å². The first-order chi connectivity index (χ1) is 8.94. The monoisotopic (exact) mass is 256 g/mol. The fourth-order valence-corrected chi connectivity index (χ4v) is 1.79. The highest BCUT2D eigenvalue weighted by Gasteiger charge is 2.12. The van der Waals surface area contributed by atoms with Gasteiger partial charge in [0.1, 0.15) is 11.4 Å². The molecule has 0 bridgehead atoms. The average Bonchev–Trinajstić information content (AvgIpc) is 2.32. The van der Waals surface area contributed by atoms with Crippen LogP contribution in [-0.4, -0.2) is 10.6 Å². The predicted octanol–water partition coefficient (Wildman–Crippen LogP) is 4.31. The second kappa shape index (κ2) is 5.31. The van der Waals surface area contributed by atoms with Gasteiger partial charge in [0.2, 0.25) is 0 Å². The van der Waals surface area contributed by atoms with Crippen molar-refractivity contribution in [3.63, 3.8) is 0 Å². The molecule has 0 aliphatic carbocycles. The predicted molar refractivity (Wildman–Crippen MR) is 79.1 cm³/mol. The summed E-state index contributed by atoms with van der Waals surface area (Å²) in [5.74, 6) is 0.890. The SMILES string of the molecule is Cc1cc(OC(C)(C)C)ccc1Nc1cccnc1. The Morgan fingerprint density at radius 1 is 1.16 bits per heavy atom. The summed E-state index contributed by atoms with van der Waals surface area (Å²) in [6.07, 6.45) is 3.57. The van der Waals surface area contributed by atoms with E-state index in [9.17, 15) is 0 Å². The molecule has 0 saturated carbocycles. The molecule has 19 heavy (non-hydrogen) atoms. The number of aromatic nitrogens is 1. The van der Waals surface area contributed by atoms with Crippen molar-refractivity contribution in [1.29, 1.82) is 0 Å². The Bertz CT molecular complexity index is 544. The number of anilines is 2. The van der Waals surface area contributed by atoms with Gasteiger partial charge in [0.05, 0.1) is 11.9 Å². The number of hydrogen-bond acceptors (Lipinski definition) is 3. The third kappa shape index (κ3) is 3.98. The second-order valence-corrected chi connectivity index (χ2v) is 5.56. The molecule has 0 spiro atoms. The molecular weight excluding hydrogens is 236 g/mol. The quantitative estimate of drug-likeness (QED) is 0.888. The van der Waals surface area contributed by atoms with Crippen LogP contribution in [0.4, 0.5) is 11.4 Å². The van der Waals surface area contributed by atoms with Gasteiger partial charge in [-0.25, -0.2) is 0 Å². The van der Waals surface area contributed by atoms with Gasteiger partial charge in [-0.2, -0.15) is 0 Å². The molecule has 1 aromatic carbocycles. The molecule has 0 saturated heterocycles. The van der Waals surface area contributed by atoms with Gasteiger partial charge >= 0.3 is 0 Å². The van der Waals surface area contributed by atoms with Gasteiger partial charge in [-0.3, -0.25) is 4.98 Å². The Balaban J connectivity index is 2.16. The minimum Gasteiger partial charge on any atom is -0.488 e. The summed E-state index contributed by atoms with van der Waals surface area (Å²) >= 11 is 0. The van der Waals surface area contributed by atoms with Gasteiger partial charge in [0, 0.05) is 11.9 Å². The topological polar surface area (TPSA) is 34.1 Å². The molecule has 0 amide bonds. The first-order valence-corrected chi connectivity index (χ1v) is 6.41. The lowest BCUT2D eigenvalue weighted by Crippen LogP contribution is -2.22. The third-order valence-corrected chi connectivity index (χ3v) is 2.56. The molecule has 100 valence electrons. The smallest absolute Gasteiger partial charge is 0.120 e. The molecule has 0 aliphatic rings. The molecule has 0 radical (unpaired) electrons. The average molecular weight is 256 g/mol. The van der Waals surface area contributed by atoms with Crippen molar-refractivity contribution in [3.8, 4) is 5.75 Å². The van der Waals surface area contributed by atoms with E-state index in [1.807, 2.05) is 51.1 Å². The van der Waals surface area contributed by atoms with Crippen molar-refractivity contribution in [2.45, 2.75) is 33.3 Å². The molecule has 0 atom stereocenters. The maximum absolute atomic E-state index is 5.85. The minimum absolute atomic E-state index is 0.176. The minimum atomic E-state index is -0.176. The lowest BCUT2D eigenvalue weighted by atomic mass is 10.1. The third-order valence-electron chi connectivity index (χ3n) is 2.56. The molecule has 1 aromatic heterocycles. The van der Waals surface area contributed by atoms with E-state index in [2.05, 4.69) is 17.2 Å². The number of benzene rings is 1. The van der Waals surface area contributed by atoms with Crippen LogP contribution in [-0.2, 0) is 0 Å². The summed E-state index contributed by atoms with van der Waals surface area (Å²) in [4.78, 5) is 4.09. The first-order valence-electron chi connectivity index (χ1n) is 6.41. The van der Waals surface area contributed by atoms with Gasteiger partial charge in [0.25, 0.3) is 0 Å². The zero-order valence-corrected chi connectivity index (χ0v) is 11.9. The fraction of sp³-hybridized carbons (Fsp3) is 0.312. The number of pyridine rings is 1. The summed E-state index contributed by atoms with van der Waals surface area (Å²) in [5, 5.41) is 3.34. The number of rotatable bonds is 3. The first kappa shape index (κ1) is 13.4. The Morgan fingerprint density at radius 3 is 2.53 bits per heavy atom. The highest BCUT2D eigenvalue weighted by atomic mass is 16.5. The lowest BCUT2D eigenvalue weighted by Gasteiger charge is -2.22. The van der Waals surface area contributed by atoms with Crippen LogP contribution >= 0.6 is 0 Å². The van der Waals surface area contributed by atoms with Crippen LogP contribution < -0.4 is 10.1 Å². The van der Waals surface area contributed by atoms with Crippen LogP contribution in [0.15, 0.2) is 42.7 Å². The van der Waals surface area contributed by atoms with Gasteiger partial charge in [0.15, 0.2) is 0 Å². The van der Waals surface area contributed by atoms with E-state index in [0.29, 0.717) is 0 Å². The maximum atomic E-state index is 5.85. The van der Waals surface area contributed by atoms with Crippen molar-refractivity contribution < 1.29 is 4.74 Å². The molecule has 2 aromatic rings. The van der Waals surface area contributed by atoms with Crippen LogP contribution in [0.3, 0.4) is 0 Å². The van der Waals surface area contributed by atoms with Crippen LogP contribution in [0, 0.1) is 6.92 Å². The Labute approximate surface area is 114 Å². The van der Waals surface area contributed by atoms with Crippen molar-refractivity contribution >= 4 is 11.4 Å². The van der Waals surface area contributed by atoms with Crippen molar-refractivity contribution in [3.05, 3.63) is 48.3 Å². The van der Waals surface area contributed by atoms with E-state index in [0.717, 1.165) is 22.7 Å². The van der Waals surface area contributed by atoms with Crippen LogP contribution in [0.5, 0.6) is 5.75 Å². The van der Waals surface area contributed by atoms with Crippen LogP contribution in [0.25, 0.3) is 0 Å². The Kier molecular flexibility index (Phi) is 3.74. The summed E-state index contributed by atoms with van der Waals surface area (Å²) in [5.41, 5.74) is 3.01. The second-order valence-electron chi connectivity index (χ2n) is 5.56. The number of nitrogens with one attached hydrogen (secondary N) is 1. The Morgan fingerprint density at radius 2 is 1.95 bits per heavy atom. The molecule has 0 aliphatic heterocycles. The standard InChI is InChI=1S/C16H20N2O/c1-12-10-14(19-16(2,3)4)7-8-15(12)18-13-6-5-9-17-11-13/h5-11,18H,1-4H3. The molecule has 3 nitrogen and oxygen atoms in total. The largest absolute Gasteiger partial charge is 0.488 e. The summed E-state index contributed by atoms with van der Waals surface area (Å²) in [6, 6.07) is 9.96. The van der Waals surface area contributed by atoms with Crippen molar-refractivity contribution in [2.75, 3.05) is 5.32 Å². The lowest BCUT2D eigenvalue weighted by molar-refractivity contribution is 0.131. The number of aryl methyl sites for hydroxylation is 1. The van der Waals surface area contributed by atoms with Crippen molar-refractivity contribution in [1.82, 2.24) is 4.98 Å². The van der Waals surface area contributed by atoms with E-state index < -0.39 is 0 Å². The van der Waals surface area contributed by atoms with Crippen LogP contribution in [0.1, 0.15) is 26.3 Å². The summed E-state index contributed by atoms with van der Waals surface area (Å²) < 4.78 is 5.85. The maximum Gasteiger partial charge on any atom is 0.120 e. The zero-order valence-electron chi connectivity index (χ0n) is 11.9. The normalized spacial score (nSPS) is 11.2. The van der Waals surface area contributed by atoms with E-state index in [-0.39, 0.29) is 5.60 Å². The van der Waals surface area contributed by atoms with Crippen LogP contribution in [0.2, 0.25) is 0 Å². The molecular formula is C16H20N2O. The molecule has 0 unspecified atom stereocenters. The Hall–Kier alpha value is -2.03. The van der Waals surface area contributed by atoms with E-state index in [4.69, 9.17) is 4.74 Å². The van der Waals surface area contributed by atoms with Gasteiger partial charge < -0.3 is 10.1 Å². The number of hydrogen-bond donors (Lipinski definition) is 1. The number of nitrogens with zero attached hydrogens (tertiary/aromatic N) is 1. The molecule has 3 heteroatoms. The molecule has 1 N–H and O–H groups in total. The highest BCUT2D eigenvalue weighted by molar-refractivity contribution is 5.63. The summed E-state index contributed by atoms with van der Waals surface area (Å²) in [6.45, 7) is 8.20. The summed E-state index contributed by atoms with van der Waals surface area (Å²) in [7, 11) is 0. The van der Waals surface area contributed by atoms with Gasteiger partial charge in [-0.15, -0.1) is 0 Å². The van der Waals surface area contributed by atoms with Gasteiger partial charge in [-0.05, 0) is 63.6 Å². The molecule has 1 heterocycles. The molecule has 2 rings (SSSR count). The zero-order chi connectivity index (χ0) is 13.9. The van der Waals surface area contributed by atoms with Crippen molar-refractivity contribution in [2.24, 2.45) is 0 Å². The van der Waals surface area contributed by atoms with E-state index in [1.54, 1.807) is 12.4 Å².